The van der Waals surface area contributed by atoms with E-state index in [4.69, 9.17) is 4.74 Å². The van der Waals surface area contributed by atoms with Gasteiger partial charge in [-0.05, 0) is 46.7 Å². The van der Waals surface area contributed by atoms with Gasteiger partial charge in [-0.2, -0.15) is 0 Å². The second kappa shape index (κ2) is 4.61. The van der Waals surface area contributed by atoms with Gasteiger partial charge in [0.25, 0.3) is 5.91 Å². The molecule has 4 heteroatoms. The normalized spacial score (nSPS) is 15.8. The smallest absolute Gasteiger partial charge is 0.254 e. The van der Waals surface area contributed by atoms with Crippen molar-refractivity contribution in [1.82, 2.24) is 4.90 Å². The van der Waals surface area contributed by atoms with Gasteiger partial charge in [0.15, 0.2) is 0 Å². The van der Waals surface area contributed by atoms with E-state index in [2.05, 4.69) is 29.5 Å². The summed E-state index contributed by atoms with van der Waals surface area (Å²) in [5.41, 5.74) is 0.772. The highest BCUT2D eigenvalue weighted by molar-refractivity contribution is 14.1. The summed E-state index contributed by atoms with van der Waals surface area (Å²) in [6.07, 6.45) is 0. The van der Waals surface area contributed by atoms with Crippen LogP contribution in [0.25, 0.3) is 0 Å². The monoisotopic (exact) mass is 331 g/mol. The van der Waals surface area contributed by atoms with Gasteiger partial charge in [-0.25, -0.2) is 0 Å². The van der Waals surface area contributed by atoms with Crippen LogP contribution < -0.4 is 4.74 Å². The lowest BCUT2D eigenvalue weighted by atomic mass is 10.0. The van der Waals surface area contributed by atoms with E-state index in [1.807, 2.05) is 23.1 Å². The molecule has 86 valence electrons. The fourth-order valence-electron chi connectivity index (χ4n) is 1.83. The molecule has 1 saturated heterocycles. The molecule has 0 N–H and O–H groups in total. The lowest BCUT2D eigenvalue weighted by Gasteiger charge is -2.37. The van der Waals surface area contributed by atoms with Gasteiger partial charge in [-0.1, -0.05) is 6.92 Å². The molecular formula is C12H14INO2. The van der Waals surface area contributed by atoms with Crippen molar-refractivity contribution in [3.05, 3.63) is 27.3 Å². The molecule has 0 bridgehead atoms. The lowest BCUT2D eigenvalue weighted by molar-refractivity contribution is 0.0529. The number of likely N-dealkylation sites (tertiary alicyclic amines) is 1. The van der Waals surface area contributed by atoms with E-state index < -0.39 is 0 Å². The van der Waals surface area contributed by atoms with Gasteiger partial charge in [-0.3, -0.25) is 4.79 Å². The molecule has 0 atom stereocenters. The largest absolute Gasteiger partial charge is 0.497 e. The Morgan fingerprint density at radius 1 is 1.50 bits per heavy atom. The number of hydrogen-bond donors (Lipinski definition) is 0. The minimum absolute atomic E-state index is 0.130. The third-order valence-electron chi connectivity index (χ3n) is 2.76. The molecule has 0 spiro atoms. The SMILES string of the molecule is COc1ccc(C(=O)N2CC(C)C2)c(I)c1. The maximum atomic E-state index is 12.1. The highest BCUT2D eigenvalue weighted by Crippen LogP contribution is 2.24. The van der Waals surface area contributed by atoms with Crippen LogP contribution in [0.5, 0.6) is 5.75 Å². The Balaban J connectivity index is 2.17. The Labute approximate surface area is 109 Å². The van der Waals surface area contributed by atoms with Gasteiger partial charge >= 0.3 is 0 Å². The van der Waals surface area contributed by atoms with Crippen LogP contribution in [-0.4, -0.2) is 31.0 Å². The predicted molar refractivity (Wildman–Crippen MR) is 70.8 cm³/mol. The highest BCUT2D eigenvalue weighted by Gasteiger charge is 2.28. The summed E-state index contributed by atoms with van der Waals surface area (Å²) in [4.78, 5) is 14.0. The number of carbonyl (C=O) groups excluding carboxylic acids is 1. The summed E-state index contributed by atoms with van der Waals surface area (Å²) < 4.78 is 6.06. The lowest BCUT2D eigenvalue weighted by Crippen LogP contribution is -2.48. The fraction of sp³-hybridized carbons (Fsp3) is 0.417. The summed E-state index contributed by atoms with van der Waals surface area (Å²) in [6, 6.07) is 5.56. The molecule has 0 aliphatic carbocycles. The first-order valence-corrected chi connectivity index (χ1v) is 6.32. The van der Waals surface area contributed by atoms with Crippen LogP contribution in [0.1, 0.15) is 17.3 Å². The molecule has 0 aromatic heterocycles. The second-order valence-electron chi connectivity index (χ2n) is 4.16. The maximum Gasteiger partial charge on any atom is 0.254 e. The number of ether oxygens (including phenoxy) is 1. The van der Waals surface area contributed by atoms with Crippen LogP contribution in [0.3, 0.4) is 0 Å². The quantitative estimate of drug-likeness (QED) is 0.779. The molecular weight excluding hydrogens is 317 g/mol. The van der Waals surface area contributed by atoms with Crippen LogP contribution in [-0.2, 0) is 0 Å². The van der Waals surface area contributed by atoms with Gasteiger partial charge in [0.1, 0.15) is 5.75 Å². The van der Waals surface area contributed by atoms with Crippen molar-refractivity contribution in [2.24, 2.45) is 5.92 Å². The highest BCUT2D eigenvalue weighted by atomic mass is 127. The summed E-state index contributed by atoms with van der Waals surface area (Å²) in [5, 5.41) is 0. The minimum Gasteiger partial charge on any atom is -0.497 e. The maximum absolute atomic E-state index is 12.1. The first-order chi connectivity index (χ1) is 7.61. The third-order valence-corrected chi connectivity index (χ3v) is 3.65. The first-order valence-electron chi connectivity index (χ1n) is 5.24. The van der Waals surface area contributed by atoms with E-state index in [-0.39, 0.29) is 5.91 Å². The van der Waals surface area contributed by atoms with E-state index in [1.54, 1.807) is 7.11 Å². The van der Waals surface area contributed by atoms with Crippen LogP contribution in [0.4, 0.5) is 0 Å². The predicted octanol–water partition coefficient (Wildman–Crippen LogP) is 2.39. The average Bonchev–Trinajstić information content (AvgIpc) is 2.23. The molecule has 1 amide bonds. The Hall–Kier alpha value is -0.780. The van der Waals surface area contributed by atoms with E-state index in [0.717, 1.165) is 28.0 Å². The molecule has 1 heterocycles. The number of halogens is 1. The molecule has 1 aliphatic heterocycles. The number of nitrogens with zero attached hydrogens (tertiary/aromatic N) is 1. The molecule has 0 radical (unpaired) electrons. The van der Waals surface area contributed by atoms with Crippen molar-refractivity contribution in [2.45, 2.75) is 6.92 Å². The number of methoxy groups -OCH3 is 1. The van der Waals surface area contributed by atoms with Crippen molar-refractivity contribution in [3.8, 4) is 5.75 Å². The molecule has 3 nitrogen and oxygen atoms in total. The van der Waals surface area contributed by atoms with Crippen molar-refractivity contribution < 1.29 is 9.53 Å². The average molecular weight is 331 g/mol. The Kier molecular flexibility index (Phi) is 3.37. The second-order valence-corrected chi connectivity index (χ2v) is 5.32. The molecule has 0 saturated carbocycles. The molecule has 0 unspecified atom stereocenters. The molecule has 1 aliphatic rings. The minimum atomic E-state index is 0.130. The zero-order valence-corrected chi connectivity index (χ0v) is 11.5. The van der Waals surface area contributed by atoms with E-state index in [1.165, 1.54) is 0 Å². The van der Waals surface area contributed by atoms with Gasteiger partial charge < -0.3 is 9.64 Å². The summed E-state index contributed by atoms with van der Waals surface area (Å²) >= 11 is 2.18. The molecule has 16 heavy (non-hydrogen) atoms. The standard InChI is InChI=1S/C12H14INO2/c1-8-6-14(7-8)12(15)10-4-3-9(16-2)5-11(10)13/h3-5,8H,6-7H2,1-2H3. The summed E-state index contributed by atoms with van der Waals surface area (Å²) in [6.45, 7) is 3.91. The topological polar surface area (TPSA) is 29.5 Å². The third kappa shape index (κ3) is 2.16. The van der Waals surface area contributed by atoms with Gasteiger partial charge in [0.2, 0.25) is 0 Å². The number of benzene rings is 1. The van der Waals surface area contributed by atoms with E-state index in [9.17, 15) is 4.79 Å². The van der Waals surface area contributed by atoms with Crippen molar-refractivity contribution in [3.63, 3.8) is 0 Å². The zero-order valence-electron chi connectivity index (χ0n) is 9.37. The number of carbonyl (C=O) groups is 1. The Morgan fingerprint density at radius 2 is 2.19 bits per heavy atom. The van der Waals surface area contributed by atoms with Gasteiger partial charge in [0.05, 0.1) is 12.7 Å². The van der Waals surface area contributed by atoms with Crippen LogP contribution in [0.2, 0.25) is 0 Å². The molecule has 1 fully saturated rings. The number of rotatable bonds is 2. The van der Waals surface area contributed by atoms with Crippen LogP contribution >= 0.6 is 22.6 Å². The number of hydrogen-bond acceptors (Lipinski definition) is 2. The van der Waals surface area contributed by atoms with Crippen molar-refractivity contribution in [1.29, 1.82) is 0 Å². The van der Waals surface area contributed by atoms with Crippen LogP contribution in [0.15, 0.2) is 18.2 Å². The van der Waals surface area contributed by atoms with Crippen molar-refractivity contribution in [2.75, 3.05) is 20.2 Å². The molecule has 1 aromatic carbocycles. The number of amides is 1. The zero-order chi connectivity index (χ0) is 11.7. The Morgan fingerprint density at radius 3 is 2.69 bits per heavy atom. The van der Waals surface area contributed by atoms with E-state index >= 15 is 0 Å². The van der Waals surface area contributed by atoms with E-state index in [0.29, 0.717) is 5.92 Å². The van der Waals surface area contributed by atoms with Crippen molar-refractivity contribution >= 4 is 28.5 Å². The fourth-order valence-corrected chi connectivity index (χ4v) is 2.55. The van der Waals surface area contributed by atoms with Gasteiger partial charge in [-0.15, -0.1) is 0 Å². The Bertz CT molecular complexity index is 413. The molecule has 2 rings (SSSR count). The summed E-state index contributed by atoms with van der Waals surface area (Å²) in [7, 11) is 1.63. The summed E-state index contributed by atoms with van der Waals surface area (Å²) in [5.74, 6) is 1.56. The molecule has 1 aromatic rings. The van der Waals surface area contributed by atoms with Crippen LogP contribution in [0, 0.1) is 9.49 Å². The van der Waals surface area contributed by atoms with Gasteiger partial charge in [0, 0.05) is 16.7 Å². The first kappa shape index (κ1) is 11.7.